The summed E-state index contributed by atoms with van der Waals surface area (Å²) < 4.78 is 0. The molecule has 0 aliphatic carbocycles. The van der Waals surface area contributed by atoms with E-state index in [1.165, 1.54) is 19.3 Å². The van der Waals surface area contributed by atoms with Crippen LogP contribution < -0.4 is 10.6 Å². The summed E-state index contributed by atoms with van der Waals surface area (Å²) in [6.07, 6.45) is 3.86. The molecular formula is C12H19N3. The fourth-order valence-corrected chi connectivity index (χ4v) is 2.13. The summed E-state index contributed by atoms with van der Waals surface area (Å²) in [6, 6.07) is 4.72. The van der Waals surface area contributed by atoms with E-state index in [1.54, 1.807) is 0 Å². The van der Waals surface area contributed by atoms with Gasteiger partial charge in [-0.25, -0.2) is 4.98 Å². The Morgan fingerprint density at radius 1 is 1.40 bits per heavy atom. The van der Waals surface area contributed by atoms with Crippen LogP contribution in [-0.2, 0) is 0 Å². The summed E-state index contributed by atoms with van der Waals surface area (Å²) in [5.41, 5.74) is 6.89. The minimum Gasteiger partial charge on any atom is -0.383 e. The van der Waals surface area contributed by atoms with Crippen LogP contribution in [0.3, 0.4) is 0 Å². The Morgan fingerprint density at radius 3 is 2.87 bits per heavy atom. The van der Waals surface area contributed by atoms with Crippen LogP contribution in [0.1, 0.15) is 31.7 Å². The fraction of sp³-hybridized carbons (Fsp3) is 0.583. The highest BCUT2D eigenvalue weighted by Crippen LogP contribution is 2.24. The van der Waals surface area contributed by atoms with Crippen molar-refractivity contribution in [2.45, 2.75) is 39.2 Å². The van der Waals surface area contributed by atoms with Gasteiger partial charge in [0.2, 0.25) is 0 Å². The molecule has 1 fully saturated rings. The largest absolute Gasteiger partial charge is 0.383 e. The predicted octanol–water partition coefficient (Wildman–Crippen LogP) is 2.35. The van der Waals surface area contributed by atoms with E-state index in [9.17, 15) is 0 Å². The van der Waals surface area contributed by atoms with Gasteiger partial charge in [-0.3, -0.25) is 0 Å². The first kappa shape index (κ1) is 10.3. The smallest absolute Gasteiger partial charge is 0.131 e. The Bertz CT molecular complexity index is 349. The first-order valence-corrected chi connectivity index (χ1v) is 5.68. The molecular weight excluding hydrogens is 186 g/mol. The molecule has 0 bridgehead atoms. The van der Waals surface area contributed by atoms with E-state index >= 15 is 0 Å². The molecule has 3 nitrogen and oxygen atoms in total. The van der Waals surface area contributed by atoms with Gasteiger partial charge < -0.3 is 10.6 Å². The van der Waals surface area contributed by atoms with Gasteiger partial charge in [-0.15, -0.1) is 0 Å². The molecule has 1 saturated heterocycles. The molecule has 0 radical (unpaired) electrons. The van der Waals surface area contributed by atoms with E-state index in [0.717, 1.165) is 17.9 Å². The number of hydrogen-bond acceptors (Lipinski definition) is 3. The standard InChI is InChI=1S/C12H19N3/c1-9-6-7-11(14-12(9)13)15-8-4-3-5-10(15)2/h6-7,10H,3-5,8H2,1-2H3,(H2,13,14). The van der Waals surface area contributed by atoms with Gasteiger partial charge in [-0.1, -0.05) is 6.07 Å². The molecule has 1 aromatic heterocycles. The topological polar surface area (TPSA) is 42.2 Å². The van der Waals surface area contributed by atoms with E-state index in [1.807, 2.05) is 6.92 Å². The normalized spacial score (nSPS) is 21.7. The van der Waals surface area contributed by atoms with Crippen LogP contribution in [0.15, 0.2) is 12.1 Å². The first-order valence-electron chi connectivity index (χ1n) is 5.68. The summed E-state index contributed by atoms with van der Waals surface area (Å²) in [5.74, 6) is 1.69. The second-order valence-corrected chi connectivity index (χ2v) is 4.41. The van der Waals surface area contributed by atoms with Gasteiger partial charge in [0.1, 0.15) is 11.6 Å². The third kappa shape index (κ3) is 2.06. The van der Waals surface area contributed by atoms with Crippen LogP contribution in [0.25, 0.3) is 0 Å². The molecule has 0 spiro atoms. The van der Waals surface area contributed by atoms with Crippen molar-refractivity contribution in [1.82, 2.24) is 4.98 Å². The van der Waals surface area contributed by atoms with Gasteiger partial charge in [0.05, 0.1) is 0 Å². The summed E-state index contributed by atoms with van der Waals surface area (Å²) >= 11 is 0. The van der Waals surface area contributed by atoms with Crippen molar-refractivity contribution < 1.29 is 0 Å². The Morgan fingerprint density at radius 2 is 2.20 bits per heavy atom. The first-order chi connectivity index (χ1) is 7.18. The number of nitrogen functional groups attached to an aromatic ring is 1. The van der Waals surface area contributed by atoms with Gasteiger partial charge in [-0.05, 0) is 44.7 Å². The second-order valence-electron chi connectivity index (χ2n) is 4.41. The maximum atomic E-state index is 5.83. The Kier molecular flexibility index (Phi) is 2.80. The number of anilines is 2. The van der Waals surface area contributed by atoms with E-state index in [0.29, 0.717) is 11.9 Å². The lowest BCUT2D eigenvalue weighted by atomic mass is 10.0. The number of aryl methyl sites for hydroxylation is 1. The van der Waals surface area contributed by atoms with Gasteiger partial charge in [-0.2, -0.15) is 0 Å². The molecule has 3 heteroatoms. The zero-order valence-electron chi connectivity index (χ0n) is 9.53. The molecule has 0 amide bonds. The molecule has 0 aromatic carbocycles. The lowest BCUT2D eigenvalue weighted by Gasteiger charge is -2.34. The average molecular weight is 205 g/mol. The average Bonchev–Trinajstić information content (AvgIpc) is 2.23. The highest BCUT2D eigenvalue weighted by molar-refractivity contribution is 5.50. The molecule has 2 rings (SSSR count). The predicted molar refractivity (Wildman–Crippen MR) is 64.0 cm³/mol. The SMILES string of the molecule is Cc1ccc(N2CCCCC2C)nc1N. The lowest BCUT2D eigenvalue weighted by Crippen LogP contribution is -2.38. The van der Waals surface area contributed by atoms with Crippen molar-refractivity contribution in [1.29, 1.82) is 0 Å². The minimum atomic E-state index is 0.591. The van der Waals surface area contributed by atoms with Crippen LogP contribution in [0, 0.1) is 6.92 Å². The highest BCUT2D eigenvalue weighted by Gasteiger charge is 2.19. The third-order valence-electron chi connectivity index (χ3n) is 3.22. The van der Waals surface area contributed by atoms with Crippen molar-refractivity contribution in [2.75, 3.05) is 17.2 Å². The summed E-state index contributed by atoms with van der Waals surface area (Å²) in [5, 5.41) is 0. The summed E-state index contributed by atoms with van der Waals surface area (Å²) in [7, 11) is 0. The molecule has 15 heavy (non-hydrogen) atoms. The lowest BCUT2D eigenvalue weighted by molar-refractivity contribution is 0.481. The number of hydrogen-bond donors (Lipinski definition) is 1. The molecule has 1 unspecified atom stereocenters. The molecule has 2 N–H and O–H groups in total. The Labute approximate surface area is 91.3 Å². The van der Waals surface area contributed by atoms with Gasteiger partial charge >= 0.3 is 0 Å². The van der Waals surface area contributed by atoms with E-state index < -0.39 is 0 Å². The zero-order valence-corrected chi connectivity index (χ0v) is 9.53. The number of rotatable bonds is 1. The van der Waals surface area contributed by atoms with Crippen molar-refractivity contribution >= 4 is 11.6 Å². The quantitative estimate of drug-likeness (QED) is 0.765. The van der Waals surface area contributed by atoms with Crippen LogP contribution in [0.2, 0.25) is 0 Å². The van der Waals surface area contributed by atoms with Crippen molar-refractivity contribution in [2.24, 2.45) is 0 Å². The fourth-order valence-electron chi connectivity index (χ4n) is 2.13. The van der Waals surface area contributed by atoms with Gasteiger partial charge in [0.15, 0.2) is 0 Å². The van der Waals surface area contributed by atoms with Crippen molar-refractivity contribution in [3.05, 3.63) is 17.7 Å². The molecule has 1 aliphatic rings. The number of pyridine rings is 1. The van der Waals surface area contributed by atoms with Crippen LogP contribution in [0.5, 0.6) is 0 Å². The molecule has 1 aliphatic heterocycles. The summed E-state index contributed by atoms with van der Waals surface area (Å²) in [6.45, 7) is 5.36. The summed E-state index contributed by atoms with van der Waals surface area (Å²) in [4.78, 5) is 6.81. The maximum absolute atomic E-state index is 5.83. The zero-order chi connectivity index (χ0) is 10.8. The van der Waals surface area contributed by atoms with Crippen LogP contribution in [0.4, 0.5) is 11.6 Å². The minimum absolute atomic E-state index is 0.591. The molecule has 82 valence electrons. The van der Waals surface area contributed by atoms with Gasteiger partial charge in [0, 0.05) is 12.6 Å². The number of aromatic nitrogens is 1. The third-order valence-corrected chi connectivity index (χ3v) is 3.22. The van der Waals surface area contributed by atoms with Crippen LogP contribution in [-0.4, -0.2) is 17.6 Å². The van der Waals surface area contributed by atoms with Gasteiger partial charge in [0.25, 0.3) is 0 Å². The Balaban J connectivity index is 2.24. The van der Waals surface area contributed by atoms with Crippen molar-refractivity contribution in [3.63, 3.8) is 0 Å². The van der Waals surface area contributed by atoms with E-state index in [4.69, 9.17) is 5.73 Å². The number of nitrogens with two attached hydrogens (primary N) is 1. The molecule has 0 saturated carbocycles. The molecule has 2 heterocycles. The van der Waals surface area contributed by atoms with Crippen LogP contribution >= 0.6 is 0 Å². The number of piperidine rings is 1. The monoisotopic (exact) mass is 205 g/mol. The second kappa shape index (κ2) is 4.09. The maximum Gasteiger partial charge on any atom is 0.131 e. The molecule has 1 aromatic rings. The molecule has 1 atom stereocenters. The van der Waals surface area contributed by atoms with E-state index in [2.05, 4.69) is 28.9 Å². The van der Waals surface area contributed by atoms with Crippen molar-refractivity contribution in [3.8, 4) is 0 Å². The van der Waals surface area contributed by atoms with E-state index in [-0.39, 0.29) is 0 Å². The Hall–Kier alpha value is -1.25. The number of nitrogens with zero attached hydrogens (tertiary/aromatic N) is 2. The highest BCUT2D eigenvalue weighted by atomic mass is 15.2.